The lowest BCUT2D eigenvalue weighted by Crippen LogP contribution is -2.47. The second-order valence-corrected chi connectivity index (χ2v) is 6.06. The zero-order chi connectivity index (χ0) is 14.1. The Labute approximate surface area is 126 Å². The van der Waals surface area contributed by atoms with Gasteiger partial charge in [-0.25, -0.2) is 0 Å². The van der Waals surface area contributed by atoms with Crippen LogP contribution in [0.15, 0.2) is 16.6 Å². The van der Waals surface area contributed by atoms with Gasteiger partial charge in [0, 0.05) is 36.1 Å². The zero-order valence-electron chi connectivity index (χ0n) is 11.1. The minimum atomic E-state index is -0.509. The quantitative estimate of drug-likeness (QED) is 0.893. The van der Waals surface area contributed by atoms with Crippen LogP contribution in [0.25, 0.3) is 0 Å². The molecule has 2 heterocycles. The number of ether oxygens (including phenoxy) is 2. The van der Waals surface area contributed by atoms with Gasteiger partial charge < -0.3 is 15.2 Å². The van der Waals surface area contributed by atoms with Gasteiger partial charge in [-0.1, -0.05) is 15.9 Å². The van der Waals surface area contributed by atoms with E-state index in [4.69, 9.17) is 15.2 Å². The van der Waals surface area contributed by atoms with Crippen molar-refractivity contribution in [3.05, 3.63) is 27.7 Å². The molecule has 0 aromatic heterocycles. The van der Waals surface area contributed by atoms with E-state index in [9.17, 15) is 4.79 Å². The third-order valence-electron chi connectivity index (χ3n) is 3.69. The summed E-state index contributed by atoms with van der Waals surface area (Å²) in [6, 6.07) is 4.19. The molecule has 1 saturated heterocycles. The minimum Gasteiger partial charge on any atom is -0.493 e. The number of benzene rings is 1. The van der Waals surface area contributed by atoms with Crippen molar-refractivity contribution in [1.29, 1.82) is 0 Å². The molecule has 2 aliphatic rings. The van der Waals surface area contributed by atoms with E-state index in [-0.39, 0.29) is 0 Å². The first-order chi connectivity index (χ1) is 9.63. The van der Waals surface area contributed by atoms with Gasteiger partial charge in [0.15, 0.2) is 0 Å². The van der Waals surface area contributed by atoms with E-state index < -0.39 is 12.0 Å². The van der Waals surface area contributed by atoms with Crippen LogP contribution in [0.2, 0.25) is 0 Å². The maximum atomic E-state index is 11.2. The Bertz CT molecular complexity index is 535. The number of morpholine rings is 1. The molecule has 0 saturated carbocycles. The number of rotatable bonds is 3. The van der Waals surface area contributed by atoms with Gasteiger partial charge in [0.05, 0.1) is 13.2 Å². The number of nitrogens with zero attached hydrogens (tertiary/aromatic N) is 1. The second-order valence-electron chi connectivity index (χ2n) is 5.15. The predicted octanol–water partition coefficient (Wildman–Crippen LogP) is 1.07. The molecule has 0 radical (unpaired) electrons. The first-order valence-corrected chi connectivity index (χ1v) is 7.50. The molecule has 1 amide bonds. The van der Waals surface area contributed by atoms with Gasteiger partial charge >= 0.3 is 0 Å². The second kappa shape index (κ2) is 5.71. The van der Waals surface area contributed by atoms with Crippen molar-refractivity contribution in [2.45, 2.75) is 19.1 Å². The van der Waals surface area contributed by atoms with Gasteiger partial charge in [-0.2, -0.15) is 0 Å². The standard InChI is InChI=1S/C14H17BrN2O3/c15-11-5-9-1-3-20-13(9)10(6-11)7-17-2-4-19-12(8-17)14(16)18/h5-6,12H,1-4,7-8H2,(H2,16,18)/t12-/m0/s1. The van der Waals surface area contributed by atoms with Crippen molar-refractivity contribution in [3.8, 4) is 5.75 Å². The van der Waals surface area contributed by atoms with Crippen molar-refractivity contribution >= 4 is 21.8 Å². The predicted molar refractivity (Wildman–Crippen MR) is 77.6 cm³/mol. The molecular weight excluding hydrogens is 324 g/mol. The molecular formula is C14H17BrN2O3. The minimum absolute atomic E-state index is 0.398. The molecule has 0 unspecified atom stereocenters. The van der Waals surface area contributed by atoms with Crippen LogP contribution in [-0.2, 0) is 22.5 Å². The number of halogens is 1. The van der Waals surface area contributed by atoms with Gasteiger partial charge in [-0.3, -0.25) is 9.69 Å². The Kier molecular flexibility index (Phi) is 3.96. The van der Waals surface area contributed by atoms with Crippen molar-refractivity contribution in [2.75, 3.05) is 26.3 Å². The third-order valence-corrected chi connectivity index (χ3v) is 4.15. The summed E-state index contributed by atoms with van der Waals surface area (Å²) in [4.78, 5) is 13.4. The fourth-order valence-electron chi connectivity index (χ4n) is 2.72. The molecule has 2 aliphatic heterocycles. The maximum absolute atomic E-state index is 11.2. The maximum Gasteiger partial charge on any atom is 0.247 e. The zero-order valence-corrected chi connectivity index (χ0v) is 12.7. The first kappa shape index (κ1) is 13.9. The molecule has 0 aliphatic carbocycles. The average Bonchev–Trinajstić information content (AvgIpc) is 2.87. The lowest BCUT2D eigenvalue weighted by Gasteiger charge is -2.31. The van der Waals surface area contributed by atoms with Gasteiger partial charge in [0.2, 0.25) is 5.91 Å². The highest BCUT2D eigenvalue weighted by atomic mass is 79.9. The summed E-state index contributed by atoms with van der Waals surface area (Å²) in [5, 5.41) is 0. The van der Waals surface area contributed by atoms with E-state index in [0.717, 1.165) is 41.9 Å². The number of hydrogen-bond acceptors (Lipinski definition) is 4. The summed E-state index contributed by atoms with van der Waals surface area (Å²) >= 11 is 3.54. The Morgan fingerprint density at radius 2 is 2.30 bits per heavy atom. The molecule has 3 rings (SSSR count). The van der Waals surface area contributed by atoms with Gasteiger partial charge in [0.1, 0.15) is 11.9 Å². The highest BCUT2D eigenvalue weighted by Crippen LogP contribution is 2.33. The fourth-order valence-corrected chi connectivity index (χ4v) is 3.28. The number of carbonyl (C=O) groups excluding carboxylic acids is 1. The lowest BCUT2D eigenvalue weighted by atomic mass is 10.1. The molecule has 20 heavy (non-hydrogen) atoms. The lowest BCUT2D eigenvalue weighted by molar-refractivity contribution is -0.135. The average molecular weight is 341 g/mol. The molecule has 5 nitrogen and oxygen atoms in total. The molecule has 6 heteroatoms. The first-order valence-electron chi connectivity index (χ1n) is 6.71. The summed E-state index contributed by atoms with van der Waals surface area (Å²) in [6.07, 6.45) is 0.444. The largest absolute Gasteiger partial charge is 0.493 e. The number of nitrogens with two attached hydrogens (primary N) is 1. The van der Waals surface area contributed by atoms with E-state index in [2.05, 4.69) is 33.0 Å². The summed E-state index contributed by atoms with van der Waals surface area (Å²) in [7, 11) is 0. The SMILES string of the molecule is NC(=O)[C@@H]1CN(Cc2cc(Br)cc3c2OCC3)CCO1. The van der Waals surface area contributed by atoms with E-state index >= 15 is 0 Å². The van der Waals surface area contributed by atoms with Crippen LogP contribution in [0, 0.1) is 0 Å². The molecule has 0 spiro atoms. The normalized spacial score (nSPS) is 22.4. The molecule has 1 fully saturated rings. The van der Waals surface area contributed by atoms with Crippen LogP contribution in [-0.4, -0.2) is 43.2 Å². The molecule has 1 aromatic carbocycles. The van der Waals surface area contributed by atoms with Crippen LogP contribution in [0.5, 0.6) is 5.75 Å². The van der Waals surface area contributed by atoms with Crippen LogP contribution < -0.4 is 10.5 Å². The topological polar surface area (TPSA) is 64.8 Å². The molecule has 1 atom stereocenters. The van der Waals surface area contributed by atoms with Crippen molar-refractivity contribution < 1.29 is 14.3 Å². The molecule has 108 valence electrons. The number of hydrogen-bond donors (Lipinski definition) is 1. The van der Waals surface area contributed by atoms with Crippen LogP contribution in [0.1, 0.15) is 11.1 Å². The van der Waals surface area contributed by atoms with Crippen molar-refractivity contribution in [2.24, 2.45) is 5.73 Å². The molecule has 0 bridgehead atoms. The van der Waals surface area contributed by atoms with Crippen molar-refractivity contribution in [1.82, 2.24) is 4.90 Å². The highest BCUT2D eigenvalue weighted by molar-refractivity contribution is 9.10. The fraction of sp³-hybridized carbons (Fsp3) is 0.500. The Morgan fingerprint density at radius 3 is 3.10 bits per heavy atom. The smallest absolute Gasteiger partial charge is 0.247 e. The highest BCUT2D eigenvalue weighted by Gasteiger charge is 2.26. The van der Waals surface area contributed by atoms with Crippen LogP contribution in [0.3, 0.4) is 0 Å². The summed E-state index contributed by atoms with van der Waals surface area (Å²) in [6.45, 7) is 3.35. The van der Waals surface area contributed by atoms with Gasteiger partial charge in [-0.15, -0.1) is 0 Å². The Morgan fingerprint density at radius 1 is 1.45 bits per heavy atom. The van der Waals surface area contributed by atoms with E-state index in [1.165, 1.54) is 5.56 Å². The summed E-state index contributed by atoms with van der Waals surface area (Å²) in [5.41, 5.74) is 7.71. The number of fused-ring (bicyclic) bond motifs is 1. The summed E-state index contributed by atoms with van der Waals surface area (Å²) < 4.78 is 12.2. The van der Waals surface area contributed by atoms with E-state index in [1.54, 1.807) is 0 Å². The number of primary amides is 1. The van der Waals surface area contributed by atoms with Gasteiger partial charge in [-0.05, 0) is 17.7 Å². The Hall–Kier alpha value is -1.11. The van der Waals surface area contributed by atoms with E-state index in [1.807, 2.05) is 0 Å². The number of amides is 1. The monoisotopic (exact) mass is 340 g/mol. The van der Waals surface area contributed by atoms with Crippen molar-refractivity contribution in [3.63, 3.8) is 0 Å². The van der Waals surface area contributed by atoms with Crippen LogP contribution >= 0.6 is 15.9 Å². The third kappa shape index (κ3) is 2.82. The molecule has 1 aromatic rings. The summed E-state index contributed by atoms with van der Waals surface area (Å²) in [5.74, 6) is 0.598. The van der Waals surface area contributed by atoms with E-state index in [0.29, 0.717) is 13.2 Å². The number of carbonyl (C=O) groups is 1. The molecule has 2 N–H and O–H groups in total. The van der Waals surface area contributed by atoms with Gasteiger partial charge in [0.25, 0.3) is 0 Å². The van der Waals surface area contributed by atoms with Crippen LogP contribution in [0.4, 0.5) is 0 Å². The Balaban J connectivity index is 1.76.